The lowest BCUT2D eigenvalue weighted by atomic mass is 9.83. The third-order valence-electron chi connectivity index (χ3n) is 16.3. The number of ether oxygens (including phenoxy) is 10. The normalized spacial score (nSPS) is 16.9. The van der Waals surface area contributed by atoms with Crippen LogP contribution < -0.4 is 62.0 Å². The average Bonchev–Trinajstić information content (AvgIpc) is 0.845. The first-order valence-electron chi connectivity index (χ1n) is 32.5. The quantitative estimate of drug-likeness (QED) is 0.0207. The van der Waals surface area contributed by atoms with Gasteiger partial charge in [0, 0.05) is 56.6 Å². The van der Waals surface area contributed by atoms with E-state index < -0.39 is 129 Å². The number of nitrogens with two attached hydrogens (primary N) is 4. The molecule has 0 aliphatic carbocycles. The number of rotatable bonds is 42. The van der Waals surface area contributed by atoms with Gasteiger partial charge >= 0.3 is 29.8 Å². The molecule has 0 radical (unpaired) electrons. The molecule has 0 aromatic heterocycles. The fraction of sp³-hybridized carbons (Fsp3) is 0.615. The van der Waals surface area contributed by atoms with E-state index in [-0.39, 0.29) is 142 Å². The van der Waals surface area contributed by atoms with Gasteiger partial charge in [-0.3, -0.25) is 63.9 Å². The predicted octanol–water partition coefficient (Wildman–Crippen LogP) is 4.75. The topological polar surface area (TPSA) is 591 Å². The lowest BCUT2D eigenvalue weighted by Gasteiger charge is -2.33. The first-order valence-corrected chi connectivity index (χ1v) is 32.5. The summed E-state index contributed by atoms with van der Waals surface area (Å²) in [4.78, 5) is 115. The van der Waals surface area contributed by atoms with E-state index in [1.807, 2.05) is 0 Å². The summed E-state index contributed by atoms with van der Waals surface area (Å²) in [6.07, 6.45) is 4.80. The Kier molecular flexibility index (Phi) is 39.7. The summed E-state index contributed by atoms with van der Waals surface area (Å²) < 4.78 is 54.6. The van der Waals surface area contributed by atoms with Crippen molar-refractivity contribution in [2.45, 2.75) is 181 Å². The number of hydrogen-bond donors (Lipinski definition) is 12. The SMILES string of the molecule is C.COc1cc(CO)c([N+](=O)[O-])cc1OCCCC(=O)NC(C(C)C(=O)O)C(N)C(C(=O)O)C(C)N.COc1cc(COC2CCCCO2)c([N+](=O)[O-])cc1OCCCC(=O)NC(C(C)C(=O)O)C(N)C(C(=O)O)C(C)N.COc1cc(COC2CCCCO2)c([N+](=O)[O-])cc1OCCCC(=O)O. The van der Waals surface area contributed by atoms with Gasteiger partial charge in [0.05, 0.1) is 146 Å². The third kappa shape index (κ3) is 29.1. The van der Waals surface area contributed by atoms with E-state index in [4.69, 9.17) is 75.4 Å². The number of carbonyl (C=O) groups is 7. The van der Waals surface area contributed by atoms with Crippen LogP contribution in [-0.2, 0) is 72.3 Å². The van der Waals surface area contributed by atoms with Crippen LogP contribution >= 0.6 is 0 Å². The molecule has 0 spiro atoms. The van der Waals surface area contributed by atoms with Crippen molar-refractivity contribution in [1.29, 1.82) is 0 Å². The van der Waals surface area contributed by atoms with Gasteiger partial charge in [-0.1, -0.05) is 7.43 Å². The molecular formula is C65H99N9O29. The summed E-state index contributed by atoms with van der Waals surface area (Å²) in [5, 5.41) is 95.0. The van der Waals surface area contributed by atoms with Crippen LogP contribution in [0.2, 0.25) is 0 Å². The minimum Gasteiger partial charge on any atom is -0.493 e. The van der Waals surface area contributed by atoms with Crippen molar-refractivity contribution in [2.75, 3.05) is 54.4 Å². The summed E-state index contributed by atoms with van der Waals surface area (Å²) in [6, 6.07) is 1.11. The number of nitrogens with one attached hydrogen (secondary N) is 2. The van der Waals surface area contributed by atoms with Crippen LogP contribution in [0.25, 0.3) is 0 Å². The van der Waals surface area contributed by atoms with Gasteiger partial charge in [0.2, 0.25) is 11.8 Å². The number of amides is 2. The molecule has 3 aromatic rings. The number of aliphatic hydroxyl groups is 1. The lowest BCUT2D eigenvalue weighted by Crippen LogP contribution is -2.60. The van der Waals surface area contributed by atoms with Crippen LogP contribution in [0.1, 0.15) is 129 Å². The lowest BCUT2D eigenvalue weighted by molar-refractivity contribution is -0.386. The molecule has 103 heavy (non-hydrogen) atoms. The highest BCUT2D eigenvalue weighted by atomic mass is 16.7. The van der Waals surface area contributed by atoms with Gasteiger partial charge in [-0.05, 0) is 104 Å². The second-order valence-corrected chi connectivity index (χ2v) is 23.8. The van der Waals surface area contributed by atoms with Gasteiger partial charge in [-0.25, -0.2) is 0 Å². The molecule has 5 rings (SSSR count). The molecule has 38 heteroatoms. The van der Waals surface area contributed by atoms with Crippen molar-refractivity contribution >= 4 is 58.7 Å². The first-order chi connectivity index (χ1) is 48.2. The van der Waals surface area contributed by atoms with Gasteiger partial charge in [0.1, 0.15) is 0 Å². The maximum atomic E-state index is 12.6. The monoisotopic (exact) mass is 1470 g/mol. The van der Waals surface area contributed by atoms with Gasteiger partial charge in [0.25, 0.3) is 17.1 Å². The molecule has 3 aromatic carbocycles. The maximum Gasteiger partial charge on any atom is 0.309 e. The third-order valence-corrected chi connectivity index (χ3v) is 16.3. The summed E-state index contributed by atoms with van der Waals surface area (Å²) in [5.41, 5.74) is 23.5. The number of nitro benzene ring substituents is 3. The molecule has 0 bridgehead atoms. The Morgan fingerprint density at radius 2 is 0.825 bits per heavy atom. The van der Waals surface area contributed by atoms with Gasteiger partial charge in [-0.15, -0.1) is 0 Å². The molecule has 578 valence electrons. The minimum absolute atomic E-state index is 0. The van der Waals surface area contributed by atoms with Crippen molar-refractivity contribution in [3.8, 4) is 34.5 Å². The zero-order valence-corrected chi connectivity index (χ0v) is 57.8. The summed E-state index contributed by atoms with van der Waals surface area (Å²) in [6.45, 7) is 6.09. The molecule has 2 amide bonds. The van der Waals surface area contributed by atoms with Crippen LogP contribution in [0.5, 0.6) is 34.5 Å². The zero-order valence-electron chi connectivity index (χ0n) is 57.8. The maximum absolute atomic E-state index is 12.6. The van der Waals surface area contributed by atoms with Crippen molar-refractivity contribution < 1.29 is 126 Å². The van der Waals surface area contributed by atoms with E-state index in [9.17, 15) is 89.4 Å². The summed E-state index contributed by atoms with van der Waals surface area (Å²) >= 11 is 0. The van der Waals surface area contributed by atoms with E-state index in [0.29, 0.717) is 30.9 Å². The van der Waals surface area contributed by atoms with Crippen molar-refractivity contribution in [2.24, 2.45) is 46.6 Å². The number of carboxylic acid groups (broad SMARTS) is 5. The van der Waals surface area contributed by atoms with Crippen LogP contribution in [0.4, 0.5) is 17.1 Å². The van der Waals surface area contributed by atoms with E-state index in [0.717, 1.165) is 38.2 Å². The fourth-order valence-corrected chi connectivity index (χ4v) is 10.6. The largest absolute Gasteiger partial charge is 0.493 e. The van der Waals surface area contributed by atoms with Gasteiger partial charge < -0.3 is 112 Å². The Hall–Kier alpha value is -9.41. The number of nitrogens with zero attached hydrogens (tertiary/aromatic N) is 3. The van der Waals surface area contributed by atoms with E-state index in [1.165, 1.54) is 79.4 Å². The summed E-state index contributed by atoms with van der Waals surface area (Å²) in [7, 11) is 4.14. The van der Waals surface area contributed by atoms with Crippen molar-refractivity contribution in [1.82, 2.24) is 10.6 Å². The van der Waals surface area contributed by atoms with Crippen LogP contribution in [0, 0.1) is 54.0 Å². The molecule has 12 unspecified atom stereocenters. The smallest absolute Gasteiger partial charge is 0.309 e. The van der Waals surface area contributed by atoms with E-state index in [2.05, 4.69) is 10.6 Å². The number of aliphatic hydroxyl groups excluding tert-OH is 1. The van der Waals surface area contributed by atoms with Crippen LogP contribution in [0.15, 0.2) is 36.4 Å². The minimum atomic E-state index is -1.31. The van der Waals surface area contributed by atoms with Crippen molar-refractivity contribution in [3.05, 3.63) is 83.4 Å². The predicted molar refractivity (Wildman–Crippen MR) is 363 cm³/mol. The highest BCUT2D eigenvalue weighted by Gasteiger charge is 2.41. The number of carboxylic acids is 5. The Morgan fingerprint density at radius 3 is 1.09 bits per heavy atom. The average molecular weight is 1470 g/mol. The molecule has 2 fully saturated rings. The molecule has 0 saturated carbocycles. The molecule has 2 aliphatic heterocycles. The number of benzene rings is 3. The van der Waals surface area contributed by atoms with Crippen LogP contribution in [-0.4, -0.2) is 190 Å². The zero-order chi connectivity index (χ0) is 76.5. The number of carbonyl (C=O) groups excluding carboxylic acids is 2. The molecular weight excluding hydrogens is 1370 g/mol. The second-order valence-electron chi connectivity index (χ2n) is 23.8. The standard InChI is InChI=1S/C26H40N4O11.C21H32N4O10.C17H23NO8.CH4/c1-14(25(32)33)24(23(28)22(15(2)27)26(34)35)29-20(31)7-6-10-39-19-12-17(30(36)37)16(11-18(19)38-3)13-41-21-8-4-5-9-40-21;1-10(20(28)29)19(18(23)17(11(2)22)21(30)31)24-16(27)5-4-6-35-15-8-13(25(32)33)12(9-26)7-14(15)34-3;1-23-14-9-12(11-26-17-6-2-3-7-25-17)13(18(21)22)10-15(14)24-8-4-5-16(19)20;/h11-12,14-15,21-24H,4-10,13,27-28H2,1-3H3,(H,29,31)(H,32,33)(H,34,35);7-8,10-11,17-19,26H,4-6,9,22-23H2,1-3H3,(H,24,27)(H,28,29)(H,30,31);9-10,17H,2-8,11H2,1H3,(H,19,20);1H4. The Balaban J connectivity index is 0.000000535. The molecule has 2 aliphatic rings. The Labute approximate surface area is 593 Å². The molecule has 2 heterocycles. The highest BCUT2D eigenvalue weighted by Crippen LogP contribution is 2.39. The van der Waals surface area contributed by atoms with Crippen LogP contribution in [0.3, 0.4) is 0 Å². The molecule has 38 nitrogen and oxygen atoms in total. The number of methoxy groups -OCH3 is 3. The van der Waals surface area contributed by atoms with Crippen molar-refractivity contribution in [3.63, 3.8) is 0 Å². The van der Waals surface area contributed by atoms with E-state index >= 15 is 0 Å². The second kappa shape index (κ2) is 45.5. The van der Waals surface area contributed by atoms with Gasteiger partial charge in [-0.2, -0.15) is 0 Å². The molecule has 12 atom stereocenters. The van der Waals surface area contributed by atoms with E-state index in [1.54, 1.807) is 0 Å². The molecule has 16 N–H and O–H groups in total. The Morgan fingerprint density at radius 1 is 0.505 bits per heavy atom. The number of nitro groups is 3. The van der Waals surface area contributed by atoms with Gasteiger partial charge in [0.15, 0.2) is 47.1 Å². The fourth-order valence-electron chi connectivity index (χ4n) is 10.6. The number of hydrogen-bond acceptors (Lipinski definition) is 28. The molecule has 2 saturated heterocycles. The highest BCUT2D eigenvalue weighted by molar-refractivity contribution is 5.80. The Bertz CT molecular complexity index is 3280. The number of aliphatic carboxylic acids is 5. The summed E-state index contributed by atoms with van der Waals surface area (Å²) in [5.74, 6) is -11.2. The first kappa shape index (κ1) is 89.7.